The van der Waals surface area contributed by atoms with Crippen LogP contribution >= 0.6 is 11.6 Å². The molecule has 0 saturated heterocycles. The fraction of sp³-hybridized carbons (Fsp3) is 0.188. The van der Waals surface area contributed by atoms with Crippen molar-refractivity contribution in [2.24, 2.45) is 0 Å². The maximum absolute atomic E-state index is 14.0. The third kappa shape index (κ3) is 3.65. The average Bonchev–Trinajstić information content (AvgIpc) is 3.34. The Labute approximate surface area is 136 Å². The first-order chi connectivity index (χ1) is 11.0. The molecule has 0 aliphatic heterocycles. The van der Waals surface area contributed by atoms with E-state index in [9.17, 15) is 14.0 Å². The summed E-state index contributed by atoms with van der Waals surface area (Å²) in [5, 5.41) is 4.61. The number of halogens is 2. The highest BCUT2D eigenvalue weighted by Crippen LogP contribution is 2.40. The predicted molar refractivity (Wildman–Crippen MR) is 84.1 cm³/mol. The molecule has 1 aromatic carbocycles. The van der Waals surface area contributed by atoms with Crippen LogP contribution in [0.3, 0.4) is 0 Å². The molecular formula is C16H13ClFN3O2. The monoisotopic (exact) mass is 333 g/mol. The largest absolute Gasteiger partial charge is 0.327 e. The molecule has 3 amide bonds. The summed E-state index contributed by atoms with van der Waals surface area (Å²) in [5.41, 5.74) is 0.695. The molecule has 2 aromatic rings. The SMILES string of the molecule is O=C(NC(=O)c1ccc(C2CC2)cc1F)Nc1ncccc1Cl. The van der Waals surface area contributed by atoms with E-state index in [0.717, 1.165) is 18.4 Å². The summed E-state index contributed by atoms with van der Waals surface area (Å²) in [4.78, 5) is 27.6. The average molecular weight is 334 g/mol. The number of aromatic nitrogens is 1. The van der Waals surface area contributed by atoms with E-state index < -0.39 is 17.8 Å². The fourth-order valence-electron chi connectivity index (χ4n) is 2.17. The molecule has 7 heteroatoms. The van der Waals surface area contributed by atoms with E-state index in [1.54, 1.807) is 18.2 Å². The van der Waals surface area contributed by atoms with Gasteiger partial charge in [0.15, 0.2) is 5.82 Å². The fourth-order valence-corrected chi connectivity index (χ4v) is 2.34. The van der Waals surface area contributed by atoms with Crippen molar-refractivity contribution >= 4 is 29.4 Å². The lowest BCUT2D eigenvalue weighted by Crippen LogP contribution is -2.35. The summed E-state index contributed by atoms with van der Waals surface area (Å²) in [5.74, 6) is -0.967. The maximum Gasteiger partial charge on any atom is 0.327 e. The molecular weight excluding hydrogens is 321 g/mol. The second-order valence-corrected chi connectivity index (χ2v) is 5.66. The third-order valence-electron chi connectivity index (χ3n) is 3.50. The molecule has 1 heterocycles. The lowest BCUT2D eigenvalue weighted by molar-refractivity contribution is 0.0963. The van der Waals surface area contributed by atoms with Crippen LogP contribution in [0.4, 0.5) is 15.0 Å². The topological polar surface area (TPSA) is 71.1 Å². The summed E-state index contributed by atoms with van der Waals surface area (Å²) in [6.45, 7) is 0. The third-order valence-corrected chi connectivity index (χ3v) is 3.81. The number of hydrogen-bond donors (Lipinski definition) is 2. The summed E-state index contributed by atoms with van der Waals surface area (Å²) < 4.78 is 14.0. The van der Waals surface area contributed by atoms with Gasteiger partial charge in [0.25, 0.3) is 5.91 Å². The summed E-state index contributed by atoms with van der Waals surface area (Å²) in [6, 6.07) is 6.76. The van der Waals surface area contributed by atoms with Crippen LogP contribution in [0.15, 0.2) is 36.5 Å². The standard InChI is InChI=1S/C16H13ClFN3O2/c17-12-2-1-7-19-14(12)20-16(23)21-15(22)11-6-5-10(8-13(11)18)9-3-4-9/h1-2,5-9H,3-4H2,(H2,19,20,21,22,23). The number of nitrogens with zero attached hydrogens (tertiary/aromatic N) is 1. The van der Waals surface area contributed by atoms with E-state index in [1.807, 2.05) is 5.32 Å². The van der Waals surface area contributed by atoms with Gasteiger partial charge < -0.3 is 0 Å². The van der Waals surface area contributed by atoms with E-state index >= 15 is 0 Å². The Morgan fingerprint density at radius 3 is 2.70 bits per heavy atom. The van der Waals surface area contributed by atoms with Gasteiger partial charge >= 0.3 is 6.03 Å². The molecule has 1 aliphatic rings. The van der Waals surface area contributed by atoms with Crippen LogP contribution < -0.4 is 10.6 Å². The zero-order valence-corrected chi connectivity index (χ0v) is 12.7. The van der Waals surface area contributed by atoms with E-state index in [0.29, 0.717) is 5.92 Å². The van der Waals surface area contributed by atoms with Gasteiger partial charge in [-0.3, -0.25) is 15.4 Å². The predicted octanol–water partition coefficient (Wildman–Crippen LogP) is 3.71. The molecule has 0 bridgehead atoms. The molecule has 3 rings (SSSR count). The number of carbonyl (C=O) groups excluding carboxylic acids is 2. The number of anilines is 1. The second kappa shape index (κ2) is 6.34. The van der Waals surface area contributed by atoms with Gasteiger partial charge in [-0.15, -0.1) is 0 Å². The summed E-state index contributed by atoms with van der Waals surface area (Å²) in [7, 11) is 0. The minimum Gasteiger partial charge on any atom is -0.291 e. The van der Waals surface area contributed by atoms with E-state index in [1.165, 1.54) is 18.3 Å². The van der Waals surface area contributed by atoms with Crippen molar-refractivity contribution in [1.29, 1.82) is 0 Å². The Morgan fingerprint density at radius 2 is 2.04 bits per heavy atom. The Kier molecular flexibility index (Phi) is 4.25. The number of pyridine rings is 1. The van der Waals surface area contributed by atoms with Gasteiger partial charge in [-0.25, -0.2) is 14.2 Å². The second-order valence-electron chi connectivity index (χ2n) is 5.26. The highest BCUT2D eigenvalue weighted by atomic mass is 35.5. The van der Waals surface area contributed by atoms with Crippen LogP contribution in [0, 0.1) is 5.82 Å². The first-order valence-corrected chi connectivity index (χ1v) is 7.44. The number of nitrogens with one attached hydrogen (secondary N) is 2. The van der Waals surface area contributed by atoms with Crippen LogP contribution in [-0.2, 0) is 0 Å². The molecule has 0 atom stereocenters. The molecule has 1 fully saturated rings. The van der Waals surface area contributed by atoms with E-state index in [4.69, 9.17) is 11.6 Å². The summed E-state index contributed by atoms with van der Waals surface area (Å²) >= 11 is 5.85. The lowest BCUT2D eigenvalue weighted by Gasteiger charge is -2.08. The molecule has 1 saturated carbocycles. The first kappa shape index (κ1) is 15.4. The van der Waals surface area contributed by atoms with Gasteiger partial charge in [0.1, 0.15) is 5.82 Å². The minimum atomic E-state index is -0.832. The molecule has 0 spiro atoms. The van der Waals surface area contributed by atoms with Crippen molar-refractivity contribution in [1.82, 2.24) is 10.3 Å². The van der Waals surface area contributed by atoms with Crippen LogP contribution in [-0.4, -0.2) is 16.9 Å². The molecule has 2 N–H and O–H groups in total. The van der Waals surface area contributed by atoms with Crippen molar-refractivity contribution in [3.8, 4) is 0 Å². The molecule has 0 unspecified atom stereocenters. The number of rotatable bonds is 3. The van der Waals surface area contributed by atoms with Crippen molar-refractivity contribution in [2.75, 3.05) is 5.32 Å². The van der Waals surface area contributed by atoms with Gasteiger partial charge in [-0.1, -0.05) is 17.7 Å². The zero-order chi connectivity index (χ0) is 16.4. The van der Waals surface area contributed by atoms with Gasteiger partial charge in [-0.2, -0.15) is 0 Å². The Hall–Kier alpha value is -2.47. The number of amides is 3. The molecule has 0 radical (unpaired) electrons. The van der Waals surface area contributed by atoms with Crippen molar-refractivity contribution in [3.63, 3.8) is 0 Å². The number of carbonyl (C=O) groups is 2. The summed E-state index contributed by atoms with van der Waals surface area (Å²) in [6.07, 6.45) is 3.52. The minimum absolute atomic E-state index is 0.115. The Balaban J connectivity index is 1.66. The number of urea groups is 1. The zero-order valence-electron chi connectivity index (χ0n) is 12.0. The number of imide groups is 1. The van der Waals surface area contributed by atoms with Gasteiger partial charge in [0, 0.05) is 6.20 Å². The number of benzene rings is 1. The molecule has 118 valence electrons. The van der Waals surface area contributed by atoms with Crippen molar-refractivity contribution in [3.05, 3.63) is 58.5 Å². The van der Waals surface area contributed by atoms with Gasteiger partial charge in [0.2, 0.25) is 0 Å². The smallest absolute Gasteiger partial charge is 0.291 e. The first-order valence-electron chi connectivity index (χ1n) is 7.07. The van der Waals surface area contributed by atoms with Crippen molar-refractivity contribution in [2.45, 2.75) is 18.8 Å². The Bertz CT molecular complexity index is 778. The van der Waals surface area contributed by atoms with E-state index in [-0.39, 0.29) is 16.4 Å². The maximum atomic E-state index is 14.0. The van der Waals surface area contributed by atoms with Gasteiger partial charge in [0.05, 0.1) is 10.6 Å². The lowest BCUT2D eigenvalue weighted by atomic mass is 10.1. The molecule has 5 nitrogen and oxygen atoms in total. The number of hydrogen-bond acceptors (Lipinski definition) is 3. The van der Waals surface area contributed by atoms with Crippen LogP contribution in [0.5, 0.6) is 0 Å². The Morgan fingerprint density at radius 1 is 1.26 bits per heavy atom. The van der Waals surface area contributed by atoms with Crippen LogP contribution in [0.25, 0.3) is 0 Å². The molecule has 1 aromatic heterocycles. The van der Waals surface area contributed by atoms with Gasteiger partial charge in [-0.05, 0) is 48.6 Å². The van der Waals surface area contributed by atoms with Crippen LogP contribution in [0.2, 0.25) is 5.02 Å². The van der Waals surface area contributed by atoms with E-state index in [2.05, 4.69) is 10.3 Å². The molecule has 1 aliphatic carbocycles. The highest BCUT2D eigenvalue weighted by molar-refractivity contribution is 6.33. The van der Waals surface area contributed by atoms with Crippen molar-refractivity contribution < 1.29 is 14.0 Å². The van der Waals surface area contributed by atoms with Crippen LogP contribution in [0.1, 0.15) is 34.7 Å². The molecule has 23 heavy (non-hydrogen) atoms. The highest BCUT2D eigenvalue weighted by Gasteiger charge is 2.25. The normalized spacial score (nSPS) is 13.5. The quantitative estimate of drug-likeness (QED) is 0.899.